The van der Waals surface area contributed by atoms with Crippen LogP contribution in [0.25, 0.3) is 10.2 Å². The summed E-state index contributed by atoms with van der Waals surface area (Å²) in [5.41, 5.74) is 7.27. The van der Waals surface area contributed by atoms with E-state index in [1.165, 1.54) is 16.1 Å². The first-order valence-electron chi connectivity index (χ1n) is 6.45. The number of rotatable bonds is 3. The van der Waals surface area contributed by atoms with Gasteiger partial charge in [0.1, 0.15) is 5.01 Å². The van der Waals surface area contributed by atoms with Crippen molar-refractivity contribution in [1.29, 1.82) is 0 Å². The Labute approximate surface area is 112 Å². The number of nitrogens with zero attached hydrogens (tertiary/aromatic N) is 2. The van der Waals surface area contributed by atoms with Gasteiger partial charge in [0, 0.05) is 6.54 Å². The first kappa shape index (κ1) is 12.1. The van der Waals surface area contributed by atoms with Crippen LogP contribution in [0, 0.1) is 5.41 Å². The number of benzene rings is 1. The molecule has 0 spiro atoms. The van der Waals surface area contributed by atoms with Crippen molar-refractivity contribution >= 4 is 21.6 Å². The summed E-state index contributed by atoms with van der Waals surface area (Å²) in [6, 6.07) is 8.35. The van der Waals surface area contributed by atoms with E-state index in [1.807, 2.05) is 17.4 Å². The lowest BCUT2D eigenvalue weighted by molar-refractivity contribution is 0.274. The summed E-state index contributed by atoms with van der Waals surface area (Å²) in [5.74, 6) is 0. The van der Waals surface area contributed by atoms with Crippen molar-refractivity contribution in [1.82, 2.24) is 9.88 Å². The summed E-state index contributed by atoms with van der Waals surface area (Å²) in [4.78, 5) is 7.17. The third-order valence-electron chi connectivity index (χ3n) is 3.83. The molecule has 1 aromatic heterocycles. The van der Waals surface area contributed by atoms with E-state index >= 15 is 0 Å². The topological polar surface area (TPSA) is 42.1 Å². The number of hydrogen-bond donors (Lipinski definition) is 1. The maximum atomic E-state index is 5.85. The molecule has 3 nitrogen and oxygen atoms in total. The third-order valence-corrected chi connectivity index (χ3v) is 4.85. The van der Waals surface area contributed by atoms with Gasteiger partial charge in [-0.3, -0.25) is 4.90 Å². The van der Waals surface area contributed by atoms with E-state index in [4.69, 9.17) is 10.7 Å². The normalized spacial score (nSPS) is 25.0. The number of fused-ring (bicyclic) bond motifs is 1. The minimum Gasteiger partial charge on any atom is -0.330 e. The standard InChI is InChI=1S/C14H19N3S/c1-14(9-15)6-7-17(10-14)8-13-16-11-4-2-3-5-12(11)18-13/h2-5H,6-10,15H2,1H3. The van der Waals surface area contributed by atoms with E-state index in [9.17, 15) is 0 Å². The van der Waals surface area contributed by atoms with Gasteiger partial charge in [0.05, 0.1) is 16.8 Å². The van der Waals surface area contributed by atoms with Crippen LogP contribution < -0.4 is 5.73 Å². The second-order valence-corrected chi connectivity index (χ2v) is 6.67. The molecule has 0 aliphatic carbocycles. The van der Waals surface area contributed by atoms with E-state index in [0.717, 1.165) is 31.7 Å². The Morgan fingerprint density at radius 2 is 2.28 bits per heavy atom. The lowest BCUT2D eigenvalue weighted by Crippen LogP contribution is -2.31. The van der Waals surface area contributed by atoms with Crippen LogP contribution in [-0.4, -0.2) is 29.5 Å². The molecule has 1 unspecified atom stereocenters. The molecular formula is C14H19N3S. The second-order valence-electron chi connectivity index (χ2n) is 5.55. The van der Waals surface area contributed by atoms with Crippen molar-refractivity contribution in [3.63, 3.8) is 0 Å². The van der Waals surface area contributed by atoms with Gasteiger partial charge in [0.25, 0.3) is 0 Å². The zero-order valence-electron chi connectivity index (χ0n) is 10.7. The summed E-state index contributed by atoms with van der Waals surface area (Å²) in [5, 5.41) is 1.22. The first-order valence-corrected chi connectivity index (χ1v) is 7.27. The SMILES string of the molecule is CC1(CN)CCN(Cc2nc3ccccc3s2)C1. The molecule has 1 aliphatic heterocycles. The molecule has 1 fully saturated rings. The van der Waals surface area contributed by atoms with Crippen molar-refractivity contribution in [2.75, 3.05) is 19.6 Å². The number of para-hydroxylation sites is 1. The van der Waals surface area contributed by atoms with Gasteiger partial charge < -0.3 is 5.73 Å². The van der Waals surface area contributed by atoms with Crippen molar-refractivity contribution in [2.45, 2.75) is 19.9 Å². The van der Waals surface area contributed by atoms with E-state index in [-0.39, 0.29) is 0 Å². The van der Waals surface area contributed by atoms with Crippen LogP contribution in [0.4, 0.5) is 0 Å². The average Bonchev–Trinajstić information content (AvgIpc) is 2.93. The van der Waals surface area contributed by atoms with Gasteiger partial charge in [-0.05, 0) is 37.1 Å². The highest BCUT2D eigenvalue weighted by Gasteiger charge is 2.32. The molecule has 2 heterocycles. The van der Waals surface area contributed by atoms with Crippen LogP contribution in [0.2, 0.25) is 0 Å². The van der Waals surface area contributed by atoms with Crippen molar-refractivity contribution < 1.29 is 0 Å². The van der Waals surface area contributed by atoms with Gasteiger partial charge in [-0.2, -0.15) is 0 Å². The van der Waals surface area contributed by atoms with Crippen molar-refractivity contribution in [3.8, 4) is 0 Å². The monoisotopic (exact) mass is 261 g/mol. The van der Waals surface area contributed by atoms with E-state index in [0.29, 0.717) is 5.41 Å². The van der Waals surface area contributed by atoms with Gasteiger partial charge in [-0.1, -0.05) is 19.1 Å². The molecule has 0 radical (unpaired) electrons. The summed E-state index contributed by atoms with van der Waals surface area (Å²) in [6.45, 7) is 6.27. The number of likely N-dealkylation sites (tertiary alicyclic amines) is 1. The van der Waals surface area contributed by atoms with Gasteiger partial charge in [0.15, 0.2) is 0 Å². The lowest BCUT2D eigenvalue weighted by atomic mass is 9.90. The minimum atomic E-state index is 0.302. The molecule has 1 aliphatic rings. The molecule has 1 aromatic carbocycles. The van der Waals surface area contributed by atoms with Gasteiger partial charge in [-0.15, -0.1) is 11.3 Å². The van der Waals surface area contributed by atoms with Gasteiger partial charge >= 0.3 is 0 Å². The molecule has 18 heavy (non-hydrogen) atoms. The zero-order chi connectivity index (χ0) is 12.6. The van der Waals surface area contributed by atoms with E-state index < -0.39 is 0 Å². The summed E-state index contributed by atoms with van der Waals surface area (Å²) in [7, 11) is 0. The van der Waals surface area contributed by atoms with Gasteiger partial charge in [-0.25, -0.2) is 4.98 Å². The van der Waals surface area contributed by atoms with Crippen LogP contribution in [0.3, 0.4) is 0 Å². The van der Waals surface area contributed by atoms with Crippen LogP contribution in [0.15, 0.2) is 24.3 Å². The molecule has 0 amide bonds. The van der Waals surface area contributed by atoms with Crippen LogP contribution in [0.5, 0.6) is 0 Å². The fourth-order valence-electron chi connectivity index (χ4n) is 2.61. The summed E-state index contributed by atoms with van der Waals surface area (Å²) >= 11 is 1.81. The Morgan fingerprint density at radius 1 is 1.44 bits per heavy atom. The van der Waals surface area contributed by atoms with Gasteiger partial charge in [0.2, 0.25) is 0 Å². The van der Waals surface area contributed by atoms with Crippen molar-refractivity contribution in [2.24, 2.45) is 11.1 Å². The number of thiazole rings is 1. The fourth-order valence-corrected chi connectivity index (χ4v) is 3.62. The highest BCUT2D eigenvalue weighted by Crippen LogP contribution is 2.30. The molecule has 4 heteroatoms. The third kappa shape index (κ3) is 2.28. The molecule has 1 saturated heterocycles. The highest BCUT2D eigenvalue weighted by molar-refractivity contribution is 7.18. The predicted octanol–water partition coefficient (Wildman–Crippen LogP) is 2.47. The van der Waals surface area contributed by atoms with Crippen LogP contribution in [-0.2, 0) is 6.54 Å². The Morgan fingerprint density at radius 3 is 3.00 bits per heavy atom. The Bertz CT molecular complexity index is 518. The number of nitrogens with two attached hydrogens (primary N) is 1. The summed E-state index contributed by atoms with van der Waals surface area (Å²) in [6.07, 6.45) is 1.20. The average molecular weight is 261 g/mol. The molecule has 96 valence electrons. The fraction of sp³-hybridized carbons (Fsp3) is 0.500. The molecule has 0 saturated carbocycles. The zero-order valence-corrected chi connectivity index (χ0v) is 11.5. The van der Waals surface area contributed by atoms with Crippen LogP contribution in [0.1, 0.15) is 18.4 Å². The molecular weight excluding hydrogens is 242 g/mol. The Kier molecular flexibility index (Phi) is 3.09. The molecule has 0 bridgehead atoms. The molecule has 1 atom stereocenters. The Hall–Kier alpha value is -0.970. The predicted molar refractivity (Wildman–Crippen MR) is 76.7 cm³/mol. The second kappa shape index (κ2) is 4.61. The lowest BCUT2D eigenvalue weighted by Gasteiger charge is -2.21. The van der Waals surface area contributed by atoms with E-state index in [1.54, 1.807) is 0 Å². The molecule has 3 rings (SSSR count). The number of hydrogen-bond acceptors (Lipinski definition) is 4. The maximum absolute atomic E-state index is 5.85. The molecule has 2 aromatic rings. The van der Waals surface area contributed by atoms with Crippen molar-refractivity contribution in [3.05, 3.63) is 29.3 Å². The van der Waals surface area contributed by atoms with Crippen LogP contribution >= 0.6 is 11.3 Å². The molecule has 2 N–H and O–H groups in total. The number of aromatic nitrogens is 1. The quantitative estimate of drug-likeness (QED) is 0.923. The first-order chi connectivity index (χ1) is 8.68. The summed E-state index contributed by atoms with van der Waals surface area (Å²) < 4.78 is 1.29. The highest BCUT2D eigenvalue weighted by atomic mass is 32.1. The van der Waals surface area contributed by atoms with E-state index in [2.05, 4.69) is 30.0 Å². The minimum absolute atomic E-state index is 0.302. The smallest absolute Gasteiger partial charge is 0.108 e. The maximum Gasteiger partial charge on any atom is 0.108 e. The largest absolute Gasteiger partial charge is 0.330 e. The Balaban J connectivity index is 1.73.